The van der Waals surface area contributed by atoms with Crippen LogP contribution >= 0.6 is 21.2 Å². The second-order valence-corrected chi connectivity index (χ2v) is 11.3. The number of hydrogen-bond acceptors (Lipinski definition) is 6. The summed E-state index contributed by atoms with van der Waals surface area (Å²) in [5.74, 6) is 0. The number of benzene rings is 4. The minimum absolute atomic E-state index is 0.0368. The Labute approximate surface area is 187 Å². The molecular weight excluding hydrogens is 444 g/mol. The Morgan fingerprint density at radius 1 is 0.438 bits per heavy atom. The molecule has 0 aliphatic rings. The summed E-state index contributed by atoms with van der Waals surface area (Å²) in [4.78, 5) is 0.638. The molecule has 0 atom stereocenters. The molecule has 4 aromatic carbocycles. The molecule has 8 heteroatoms. The Balaban J connectivity index is 1.48. The third kappa shape index (κ3) is 3.63. The minimum Gasteiger partial charge on any atom is -0.289 e. The normalized spacial score (nSPS) is 13.4. The number of aromatic nitrogens is 2. The molecule has 0 radical (unpaired) electrons. The molecule has 0 aliphatic carbocycles. The van der Waals surface area contributed by atoms with Crippen LogP contribution in [0.15, 0.2) is 117 Å². The largest absolute Gasteiger partial charge is 0.289 e. The molecule has 5 aromatic rings. The molecule has 162 valence electrons. The van der Waals surface area contributed by atoms with Crippen LogP contribution in [-0.2, 0) is 0 Å². The van der Waals surface area contributed by atoms with Crippen LogP contribution in [0.3, 0.4) is 0 Å². The number of fused-ring (bicyclic) bond motifs is 2. The summed E-state index contributed by atoms with van der Waals surface area (Å²) in [6.07, 6.45) is 0. The molecule has 0 bridgehead atoms. The van der Waals surface area contributed by atoms with Crippen molar-refractivity contribution in [1.82, 2.24) is 10.2 Å². The summed E-state index contributed by atoms with van der Waals surface area (Å²) in [5, 5.41) is 11.5. The first kappa shape index (κ1) is 20.9. The zero-order valence-electron chi connectivity index (χ0n) is 16.7. The van der Waals surface area contributed by atoms with E-state index in [2.05, 4.69) is 10.2 Å². The van der Waals surface area contributed by atoms with Crippen molar-refractivity contribution in [3.05, 3.63) is 97.1 Å². The van der Waals surface area contributed by atoms with Gasteiger partial charge in [-0.2, -0.15) is 0 Å². The molecular formula is C24H20N2O4S2. The first-order valence-corrected chi connectivity index (χ1v) is 12.8. The van der Waals surface area contributed by atoms with Gasteiger partial charge in [0.25, 0.3) is 0 Å². The topological polar surface area (TPSA) is 107 Å². The Bertz CT molecular complexity index is 1330. The highest BCUT2D eigenvalue weighted by atomic mass is 32.3. The fraction of sp³-hybridized carbons (Fsp3) is 0. The molecule has 6 nitrogen and oxygen atoms in total. The summed E-state index contributed by atoms with van der Waals surface area (Å²) in [5.41, 5.74) is 0. The van der Waals surface area contributed by atoms with Crippen LogP contribution < -0.4 is 0 Å². The van der Waals surface area contributed by atoms with E-state index in [0.29, 0.717) is 9.79 Å². The van der Waals surface area contributed by atoms with Crippen molar-refractivity contribution in [2.45, 2.75) is 19.8 Å². The van der Waals surface area contributed by atoms with Crippen molar-refractivity contribution in [3.63, 3.8) is 0 Å². The molecule has 0 amide bonds. The van der Waals surface area contributed by atoms with Crippen LogP contribution in [0.2, 0.25) is 0 Å². The average Bonchev–Trinajstić information content (AvgIpc) is 2.83. The van der Waals surface area contributed by atoms with Gasteiger partial charge in [0.05, 0.1) is 9.79 Å². The number of hydrogen-bond donors (Lipinski definition) is 4. The van der Waals surface area contributed by atoms with E-state index >= 15 is 0 Å². The molecule has 0 spiro atoms. The van der Waals surface area contributed by atoms with Gasteiger partial charge in [0.15, 0.2) is 10.1 Å². The Morgan fingerprint density at radius 3 is 1.19 bits per heavy atom. The predicted octanol–water partition coefficient (Wildman–Crippen LogP) is 7.12. The van der Waals surface area contributed by atoms with Gasteiger partial charge in [0, 0.05) is 0 Å². The van der Waals surface area contributed by atoms with Crippen LogP contribution in [0, 0.1) is 0 Å². The lowest BCUT2D eigenvalue weighted by Gasteiger charge is -2.33. The number of nitrogens with zero attached hydrogens (tertiary/aromatic N) is 2. The van der Waals surface area contributed by atoms with E-state index in [1.165, 1.54) is 12.1 Å². The van der Waals surface area contributed by atoms with Gasteiger partial charge in [-0.1, -0.05) is 60.7 Å². The van der Waals surface area contributed by atoms with Crippen molar-refractivity contribution in [1.29, 1.82) is 0 Å². The Hall–Kier alpha value is -2.98. The van der Waals surface area contributed by atoms with E-state index in [4.69, 9.17) is 0 Å². The Morgan fingerprint density at radius 2 is 0.812 bits per heavy atom. The van der Waals surface area contributed by atoms with Gasteiger partial charge < -0.3 is 0 Å². The second kappa shape index (κ2) is 7.86. The molecule has 0 unspecified atom stereocenters. The predicted molar refractivity (Wildman–Crippen MR) is 129 cm³/mol. The molecule has 4 N–H and O–H groups in total. The van der Waals surface area contributed by atoms with Crippen molar-refractivity contribution >= 4 is 42.7 Å². The highest BCUT2D eigenvalue weighted by molar-refractivity contribution is 8.24. The SMILES string of the molecule is OS(O)(c1ccc2ccccc2c1)c1ccc(S(O)(O)c2ccc3ccccc3c2)nn1. The van der Waals surface area contributed by atoms with Crippen molar-refractivity contribution < 1.29 is 18.2 Å². The molecule has 32 heavy (non-hydrogen) atoms. The standard InChI is InChI=1S/C24H20N2O4S2/c27-31(28,21-11-9-17-5-1-3-7-19(17)15-21)23-13-14-24(26-25-23)32(29,30)22-12-10-18-6-2-4-8-20(18)16-22/h1-16,27-30H. The summed E-state index contributed by atoms with van der Waals surface area (Å²) >= 11 is 0. The second-order valence-electron chi connectivity index (χ2n) is 7.33. The van der Waals surface area contributed by atoms with Gasteiger partial charge in [-0.25, -0.2) is 0 Å². The van der Waals surface area contributed by atoms with E-state index in [9.17, 15) is 18.2 Å². The third-order valence-corrected chi connectivity index (χ3v) is 8.72. The van der Waals surface area contributed by atoms with Crippen LogP contribution in [0.4, 0.5) is 0 Å². The smallest absolute Gasteiger partial charge is 0.174 e. The van der Waals surface area contributed by atoms with Gasteiger partial charge in [0.1, 0.15) is 0 Å². The van der Waals surface area contributed by atoms with Crippen LogP contribution in [0.1, 0.15) is 0 Å². The fourth-order valence-electron chi connectivity index (χ4n) is 3.54. The molecule has 0 saturated heterocycles. The van der Waals surface area contributed by atoms with E-state index in [1.54, 1.807) is 24.3 Å². The molecule has 0 fully saturated rings. The summed E-state index contributed by atoms with van der Waals surface area (Å²) in [6.45, 7) is 0. The first-order valence-electron chi connectivity index (χ1n) is 9.74. The fourth-order valence-corrected chi connectivity index (χ4v) is 5.95. The van der Waals surface area contributed by atoms with Crippen LogP contribution in [0.25, 0.3) is 21.5 Å². The van der Waals surface area contributed by atoms with E-state index in [1.807, 2.05) is 60.7 Å². The monoisotopic (exact) mass is 464 g/mol. The summed E-state index contributed by atoms with van der Waals surface area (Å²) in [6, 6.07) is 28.4. The number of rotatable bonds is 4. The van der Waals surface area contributed by atoms with Gasteiger partial charge in [-0.15, -0.1) is 31.4 Å². The zero-order chi connectivity index (χ0) is 22.3. The lowest BCUT2D eigenvalue weighted by atomic mass is 10.1. The lowest BCUT2D eigenvalue weighted by Crippen LogP contribution is -2.07. The molecule has 1 heterocycles. The third-order valence-electron chi connectivity index (χ3n) is 5.30. The minimum atomic E-state index is -3.41. The van der Waals surface area contributed by atoms with Crippen LogP contribution in [0.5, 0.6) is 0 Å². The Kier molecular flexibility index (Phi) is 5.13. The van der Waals surface area contributed by atoms with Crippen LogP contribution in [-0.4, -0.2) is 28.4 Å². The summed E-state index contributed by atoms with van der Waals surface area (Å²) in [7, 11) is -6.83. The van der Waals surface area contributed by atoms with Crippen molar-refractivity contribution in [2.24, 2.45) is 0 Å². The van der Waals surface area contributed by atoms with Crippen molar-refractivity contribution in [3.8, 4) is 0 Å². The van der Waals surface area contributed by atoms with Gasteiger partial charge in [0.2, 0.25) is 0 Å². The van der Waals surface area contributed by atoms with E-state index in [-0.39, 0.29) is 10.1 Å². The molecule has 5 rings (SSSR count). The maximum absolute atomic E-state index is 10.9. The maximum Gasteiger partial charge on any atom is 0.174 e. The van der Waals surface area contributed by atoms with Gasteiger partial charge >= 0.3 is 0 Å². The lowest BCUT2D eigenvalue weighted by molar-refractivity contribution is 0.471. The highest BCUT2D eigenvalue weighted by Gasteiger charge is 2.25. The molecule has 0 aliphatic heterocycles. The van der Waals surface area contributed by atoms with Gasteiger partial charge in [-0.05, 0) is 57.9 Å². The highest BCUT2D eigenvalue weighted by Crippen LogP contribution is 2.57. The van der Waals surface area contributed by atoms with E-state index in [0.717, 1.165) is 21.5 Å². The summed E-state index contributed by atoms with van der Waals surface area (Å²) < 4.78 is 43.5. The van der Waals surface area contributed by atoms with Crippen molar-refractivity contribution in [2.75, 3.05) is 0 Å². The first-order chi connectivity index (χ1) is 15.4. The molecule has 0 saturated carbocycles. The maximum atomic E-state index is 10.9. The average molecular weight is 465 g/mol. The van der Waals surface area contributed by atoms with E-state index < -0.39 is 21.2 Å². The quantitative estimate of drug-likeness (QED) is 0.226. The van der Waals surface area contributed by atoms with Gasteiger partial charge in [-0.3, -0.25) is 18.2 Å². The molecule has 1 aromatic heterocycles. The zero-order valence-corrected chi connectivity index (χ0v) is 18.4.